The van der Waals surface area contributed by atoms with Gasteiger partial charge in [-0.2, -0.15) is 0 Å². The van der Waals surface area contributed by atoms with E-state index in [2.05, 4.69) is 11.9 Å². The Morgan fingerprint density at radius 2 is 2.12 bits per heavy atom. The molecule has 0 fully saturated rings. The van der Waals surface area contributed by atoms with Gasteiger partial charge in [0.2, 0.25) is 0 Å². The smallest absolute Gasteiger partial charge is 0.254 e. The molecule has 0 heterocycles. The fourth-order valence-electron chi connectivity index (χ4n) is 1.12. The molecular weight excluding hydrogens is 214 g/mol. The van der Waals surface area contributed by atoms with Crippen LogP contribution in [-0.2, 0) is 0 Å². The largest absolute Gasteiger partial charge is 0.396 e. The van der Waals surface area contributed by atoms with Gasteiger partial charge in [-0.1, -0.05) is 6.08 Å². The minimum Gasteiger partial charge on any atom is -0.396 e. The van der Waals surface area contributed by atoms with Crippen molar-refractivity contribution in [2.45, 2.75) is 6.42 Å². The molecule has 0 spiro atoms. The number of nitrogen functional groups attached to an aromatic ring is 1. The first-order chi connectivity index (χ1) is 7.56. The van der Waals surface area contributed by atoms with Crippen molar-refractivity contribution >= 4 is 11.6 Å². The molecule has 0 atom stereocenters. The van der Waals surface area contributed by atoms with E-state index >= 15 is 0 Å². The molecule has 1 aromatic carbocycles. The molecule has 0 bridgehead atoms. The summed E-state index contributed by atoms with van der Waals surface area (Å²) in [6, 6.07) is 1.58. The standard InChI is InChI=1S/C11H12F2N2O/c1-2-3-4-15-11(16)7-5-10(14)9(13)6-8(7)12/h2,5-6H,1,3-4,14H2,(H,15,16). The van der Waals surface area contributed by atoms with Crippen molar-refractivity contribution in [2.24, 2.45) is 0 Å². The lowest BCUT2D eigenvalue weighted by Gasteiger charge is -2.06. The highest BCUT2D eigenvalue weighted by Gasteiger charge is 2.14. The molecule has 3 nitrogen and oxygen atoms in total. The highest BCUT2D eigenvalue weighted by atomic mass is 19.1. The second-order valence-corrected chi connectivity index (χ2v) is 3.19. The first kappa shape index (κ1) is 12.2. The van der Waals surface area contributed by atoms with Gasteiger partial charge < -0.3 is 11.1 Å². The van der Waals surface area contributed by atoms with Crippen molar-refractivity contribution < 1.29 is 13.6 Å². The number of benzene rings is 1. The Morgan fingerprint density at radius 3 is 2.75 bits per heavy atom. The highest BCUT2D eigenvalue weighted by Crippen LogP contribution is 2.16. The third-order valence-corrected chi connectivity index (χ3v) is 1.97. The average molecular weight is 226 g/mol. The van der Waals surface area contributed by atoms with E-state index in [0.29, 0.717) is 19.0 Å². The van der Waals surface area contributed by atoms with Crippen molar-refractivity contribution in [1.82, 2.24) is 5.32 Å². The Balaban J connectivity index is 2.83. The SMILES string of the molecule is C=CCCNC(=O)c1cc(N)c(F)cc1F. The predicted octanol–water partition coefficient (Wildman–Crippen LogP) is 1.85. The summed E-state index contributed by atoms with van der Waals surface area (Å²) in [4.78, 5) is 11.4. The van der Waals surface area contributed by atoms with Gasteiger partial charge in [0.15, 0.2) is 0 Å². The Hall–Kier alpha value is -1.91. The van der Waals surface area contributed by atoms with Crippen LogP contribution >= 0.6 is 0 Å². The summed E-state index contributed by atoms with van der Waals surface area (Å²) < 4.78 is 26.0. The van der Waals surface area contributed by atoms with Crippen LogP contribution in [0.3, 0.4) is 0 Å². The first-order valence-electron chi connectivity index (χ1n) is 4.70. The molecule has 1 amide bonds. The molecule has 0 aliphatic rings. The van der Waals surface area contributed by atoms with Crippen molar-refractivity contribution in [3.05, 3.63) is 42.0 Å². The normalized spacial score (nSPS) is 9.88. The van der Waals surface area contributed by atoms with Gasteiger partial charge in [-0.25, -0.2) is 8.78 Å². The second-order valence-electron chi connectivity index (χ2n) is 3.19. The molecule has 5 heteroatoms. The van der Waals surface area contributed by atoms with E-state index in [4.69, 9.17) is 5.73 Å². The number of carbonyl (C=O) groups is 1. The number of halogens is 2. The van der Waals surface area contributed by atoms with Gasteiger partial charge in [-0.3, -0.25) is 4.79 Å². The van der Waals surface area contributed by atoms with E-state index in [-0.39, 0.29) is 11.3 Å². The monoisotopic (exact) mass is 226 g/mol. The first-order valence-corrected chi connectivity index (χ1v) is 4.70. The minimum absolute atomic E-state index is 0.254. The van der Waals surface area contributed by atoms with Crippen molar-refractivity contribution in [3.8, 4) is 0 Å². The number of amides is 1. The summed E-state index contributed by atoms with van der Waals surface area (Å²) >= 11 is 0. The molecule has 0 aliphatic carbocycles. The number of rotatable bonds is 4. The zero-order valence-corrected chi connectivity index (χ0v) is 8.59. The summed E-state index contributed by atoms with van der Waals surface area (Å²) in [5.74, 6) is -2.42. The number of hydrogen-bond acceptors (Lipinski definition) is 2. The number of hydrogen-bond donors (Lipinski definition) is 2. The van der Waals surface area contributed by atoms with Crippen LogP contribution in [0.15, 0.2) is 24.8 Å². The molecule has 1 aromatic rings. The number of anilines is 1. The van der Waals surface area contributed by atoms with Crippen LogP contribution in [0.2, 0.25) is 0 Å². The fourth-order valence-corrected chi connectivity index (χ4v) is 1.12. The maximum atomic E-state index is 13.2. The van der Waals surface area contributed by atoms with Gasteiger partial charge in [0, 0.05) is 12.6 Å². The zero-order chi connectivity index (χ0) is 12.1. The molecule has 16 heavy (non-hydrogen) atoms. The van der Waals surface area contributed by atoms with Gasteiger partial charge >= 0.3 is 0 Å². The van der Waals surface area contributed by atoms with Gasteiger partial charge in [-0.15, -0.1) is 6.58 Å². The van der Waals surface area contributed by atoms with Crippen LogP contribution in [0.5, 0.6) is 0 Å². The number of nitrogens with two attached hydrogens (primary N) is 1. The van der Waals surface area contributed by atoms with E-state index in [1.807, 2.05) is 0 Å². The molecule has 86 valence electrons. The highest BCUT2D eigenvalue weighted by molar-refractivity contribution is 5.95. The van der Waals surface area contributed by atoms with E-state index in [1.54, 1.807) is 6.08 Å². The molecule has 3 N–H and O–H groups in total. The molecule has 0 aliphatic heterocycles. The van der Waals surface area contributed by atoms with Crippen molar-refractivity contribution in [2.75, 3.05) is 12.3 Å². The minimum atomic E-state index is -0.928. The zero-order valence-electron chi connectivity index (χ0n) is 8.59. The van der Waals surface area contributed by atoms with Crippen molar-refractivity contribution in [3.63, 3.8) is 0 Å². The topological polar surface area (TPSA) is 55.1 Å². The molecule has 0 saturated carbocycles. The molecular formula is C11H12F2N2O. The fraction of sp³-hybridized carbons (Fsp3) is 0.182. The molecule has 0 unspecified atom stereocenters. The maximum Gasteiger partial charge on any atom is 0.254 e. The molecule has 0 aromatic heterocycles. The molecule has 1 rings (SSSR count). The molecule has 0 radical (unpaired) electrons. The lowest BCUT2D eigenvalue weighted by molar-refractivity contribution is 0.0950. The van der Waals surface area contributed by atoms with Gasteiger partial charge in [0.1, 0.15) is 11.6 Å². The maximum absolute atomic E-state index is 13.2. The summed E-state index contributed by atoms with van der Waals surface area (Å²) in [5, 5.41) is 2.46. The Morgan fingerprint density at radius 1 is 1.44 bits per heavy atom. The Kier molecular flexibility index (Phi) is 3.99. The van der Waals surface area contributed by atoms with Gasteiger partial charge in [0.25, 0.3) is 5.91 Å². The van der Waals surface area contributed by atoms with Gasteiger partial charge in [-0.05, 0) is 12.5 Å². The van der Waals surface area contributed by atoms with Gasteiger partial charge in [0.05, 0.1) is 11.3 Å². The lowest BCUT2D eigenvalue weighted by Crippen LogP contribution is -2.25. The summed E-state index contributed by atoms with van der Waals surface area (Å²) in [6.07, 6.45) is 2.19. The summed E-state index contributed by atoms with van der Waals surface area (Å²) in [7, 11) is 0. The van der Waals surface area contributed by atoms with E-state index in [0.717, 1.165) is 6.07 Å². The predicted molar refractivity (Wildman–Crippen MR) is 57.9 cm³/mol. The third-order valence-electron chi connectivity index (χ3n) is 1.97. The summed E-state index contributed by atoms with van der Waals surface area (Å²) in [5.41, 5.74) is 4.73. The van der Waals surface area contributed by atoms with E-state index in [9.17, 15) is 13.6 Å². The van der Waals surface area contributed by atoms with Crippen LogP contribution in [0.25, 0.3) is 0 Å². The Bertz CT molecular complexity index is 419. The van der Waals surface area contributed by atoms with Crippen LogP contribution in [0, 0.1) is 11.6 Å². The number of carbonyl (C=O) groups excluding carboxylic acids is 1. The van der Waals surface area contributed by atoms with E-state index in [1.165, 1.54) is 0 Å². The Labute approximate surface area is 91.9 Å². The van der Waals surface area contributed by atoms with Crippen LogP contribution in [0.1, 0.15) is 16.8 Å². The molecule has 0 saturated heterocycles. The lowest BCUT2D eigenvalue weighted by atomic mass is 10.1. The van der Waals surface area contributed by atoms with Crippen LogP contribution < -0.4 is 11.1 Å². The quantitative estimate of drug-likeness (QED) is 0.467. The summed E-state index contributed by atoms with van der Waals surface area (Å²) in [6.45, 7) is 3.82. The second kappa shape index (κ2) is 5.25. The third kappa shape index (κ3) is 2.79. The van der Waals surface area contributed by atoms with E-state index < -0.39 is 17.5 Å². The number of nitrogens with one attached hydrogen (secondary N) is 1. The average Bonchev–Trinajstić information content (AvgIpc) is 2.23. The van der Waals surface area contributed by atoms with Crippen LogP contribution in [-0.4, -0.2) is 12.5 Å². The van der Waals surface area contributed by atoms with Crippen molar-refractivity contribution in [1.29, 1.82) is 0 Å². The van der Waals surface area contributed by atoms with Crippen LogP contribution in [0.4, 0.5) is 14.5 Å².